The van der Waals surface area contributed by atoms with Gasteiger partial charge in [0.05, 0.1) is 12.7 Å². The summed E-state index contributed by atoms with van der Waals surface area (Å²) in [6.07, 6.45) is 1.42. The first-order valence-corrected chi connectivity index (χ1v) is 5.91. The average molecular weight is 212 g/mol. The molecule has 0 spiro atoms. The molecule has 0 aromatic heterocycles. The minimum atomic E-state index is 0.365. The van der Waals surface area contributed by atoms with Gasteiger partial charge in [0.1, 0.15) is 0 Å². The van der Waals surface area contributed by atoms with Crippen LogP contribution >= 0.6 is 0 Å². The molecule has 0 bridgehead atoms. The van der Waals surface area contributed by atoms with Gasteiger partial charge in [-0.1, -0.05) is 12.5 Å². The van der Waals surface area contributed by atoms with E-state index in [0.29, 0.717) is 6.10 Å². The number of rotatable bonds is 6. The van der Waals surface area contributed by atoms with Crippen molar-refractivity contribution in [2.24, 2.45) is 0 Å². The highest BCUT2D eigenvalue weighted by Crippen LogP contribution is 2.03. The van der Waals surface area contributed by atoms with Crippen LogP contribution in [0.4, 0.5) is 0 Å². The van der Waals surface area contributed by atoms with Crippen LogP contribution in [0.5, 0.6) is 0 Å². The lowest BCUT2D eigenvalue weighted by Crippen LogP contribution is -2.46. The van der Waals surface area contributed by atoms with Gasteiger partial charge in [-0.15, -0.1) is 6.58 Å². The summed E-state index contributed by atoms with van der Waals surface area (Å²) in [5, 5.41) is 3.42. The topological polar surface area (TPSA) is 24.5 Å². The molecule has 1 heterocycles. The molecule has 15 heavy (non-hydrogen) atoms. The number of nitrogens with one attached hydrogen (secondary N) is 1. The third kappa shape index (κ3) is 5.30. The van der Waals surface area contributed by atoms with Crippen molar-refractivity contribution in [3.05, 3.63) is 12.2 Å². The van der Waals surface area contributed by atoms with Gasteiger partial charge in [0, 0.05) is 19.6 Å². The lowest BCUT2D eigenvalue weighted by Gasteiger charge is -2.32. The number of nitrogens with zero attached hydrogens (tertiary/aromatic N) is 1. The number of hydrogen-bond donors (Lipinski definition) is 1. The van der Waals surface area contributed by atoms with E-state index in [2.05, 4.69) is 30.6 Å². The zero-order valence-electron chi connectivity index (χ0n) is 10.1. The van der Waals surface area contributed by atoms with Crippen molar-refractivity contribution in [3.8, 4) is 0 Å². The number of hydrogen-bond acceptors (Lipinski definition) is 3. The lowest BCUT2D eigenvalue weighted by atomic mass is 10.2. The molecule has 88 valence electrons. The van der Waals surface area contributed by atoms with Crippen molar-refractivity contribution >= 4 is 0 Å². The zero-order valence-corrected chi connectivity index (χ0v) is 10.1. The van der Waals surface area contributed by atoms with Gasteiger partial charge in [0.2, 0.25) is 0 Å². The molecule has 1 N–H and O–H groups in total. The first kappa shape index (κ1) is 12.7. The molecular weight excluding hydrogens is 188 g/mol. The Kier molecular flexibility index (Phi) is 5.91. The van der Waals surface area contributed by atoms with Gasteiger partial charge < -0.3 is 10.1 Å². The Labute approximate surface area is 93.5 Å². The SMILES string of the molecule is C=C(C)CCNCC1CN(CC)CCO1. The van der Waals surface area contributed by atoms with Gasteiger partial charge >= 0.3 is 0 Å². The molecule has 0 aromatic carbocycles. The molecule has 3 nitrogen and oxygen atoms in total. The summed E-state index contributed by atoms with van der Waals surface area (Å²) < 4.78 is 5.69. The molecule has 1 atom stereocenters. The molecule has 1 rings (SSSR count). The number of ether oxygens (including phenoxy) is 1. The molecule has 1 fully saturated rings. The molecule has 1 unspecified atom stereocenters. The summed E-state index contributed by atoms with van der Waals surface area (Å²) >= 11 is 0. The molecule has 1 aliphatic rings. The predicted octanol–water partition coefficient (Wildman–Crippen LogP) is 1.26. The fourth-order valence-corrected chi connectivity index (χ4v) is 1.76. The summed E-state index contributed by atoms with van der Waals surface area (Å²) in [5.74, 6) is 0. The highest BCUT2D eigenvalue weighted by Gasteiger charge is 2.18. The Hall–Kier alpha value is -0.380. The molecule has 1 saturated heterocycles. The van der Waals surface area contributed by atoms with Crippen molar-refractivity contribution in [1.29, 1.82) is 0 Å². The first-order valence-electron chi connectivity index (χ1n) is 5.91. The van der Waals surface area contributed by atoms with Crippen molar-refractivity contribution < 1.29 is 4.74 Å². The highest BCUT2D eigenvalue weighted by atomic mass is 16.5. The van der Waals surface area contributed by atoms with Crippen LogP contribution in [-0.2, 0) is 4.74 Å². The van der Waals surface area contributed by atoms with Gasteiger partial charge in [-0.25, -0.2) is 0 Å². The molecule has 0 saturated carbocycles. The molecule has 0 amide bonds. The van der Waals surface area contributed by atoms with E-state index < -0.39 is 0 Å². The van der Waals surface area contributed by atoms with Crippen LogP contribution in [0.25, 0.3) is 0 Å². The van der Waals surface area contributed by atoms with Crippen molar-refractivity contribution in [2.75, 3.05) is 39.3 Å². The second-order valence-electron chi connectivity index (χ2n) is 4.30. The summed E-state index contributed by atoms with van der Waals surface area (Å²) in [7, 11) is 0. The van der Waals surface area contributed by atoms with Crippen molar-refractivity contribution in [1.82, 2.24) is 10.2 Å². The van der Waals surface area contributed by atoms with Crippen LogP contribution < -0.4 is 5.32 Å². The van der Waals surface area contributed by atoms with E-state index in [1.165, 1.54) is 5.57 Å². The van der Waals surface area contributed by atoms with Crippen molar-refractivity contribution in [3.63, 3.8) is 0 Å². The highest BCUT2D eigenvalue weighted by molar-refractivity contribution is 4.88. The van der Waals surface area contributed by atoms with E-state index in [4.69, 9.17) is 4.74 Å². The molecule has 0 radical (unpaired) electrons. The standard InChI is InChI=1S/C12H24N2O/c1-4-14-7-8-15-12(10-14)9-13-6-5-11(2)3/h12-13H,2,4-10H2,1,3H3. The molecule has 1 aliphatic heterocycles. The Morgan fingerprint density at radius 2 is 2.40 bits per heavy atom. The van der Waals surface area contributed by atoms with Gasteiger partial charge in [0.15, 0.2) is 0 Å². The van der Waals surface area contributed by atoms with Crippen LogP contribution in [0, 0.1) is 0 Å². The molecule has 0 aromatic rings. The Balaban J connectivity index is 2.07. The van der Waals surface area contributed by atoms with E-state index in [1.807, 2.05) is 0 Å². The van der Waals surface area contributed by atoms with E-state index in [0.717, 1.165) is 45.8 Å². The summed E-state index contributed by atoms with van der Waals surface area (Å²) in [5.41, 5.74) is 1.24. The van der Waals surface area contributed by atoms with Gasteiger partial charge in [0.25, 0.3) is 0 Å². The largest absolute Gasteiger partial charge is 0.374 e. The second-order valence-corrected chi connectivity index (χ2v) is 4.30. The minimum absolute atomic E-state index is 0.365. The molecular formula is C12H24N2O. The van der Waals surface area contributed by atoms with E-state index in [9.17, 15) is 0 Å². The lowest BCUT2D eigenvalue weighted by molar-refractivity contribution is -0.0251. The van der Waals surface area contributed by atoms with Crippen LogP contribution in [0.15, 0.2) is 12.2 Å². The van der Waals surface area contributed by atoms with Gasteiger partial charge in [-0.2, -0.15) is 0 Å². The Morgan fingerprint density at radius 1 is 1.60 bits per heavy atom. The van der Waals surface area contributed by atoms with E-state index >= 15 is 0 Å². The summed E-state index contributed by atoms with van der Waals surface area (Å²) in [4.78, 5) is 2.44. The van der Waals surface area contributed by atoms with E-state index in [-0.39, 0.29) is 0 Å². The number of morpholine rings is 1. The predicted molar refractivity (Wildman–Crippen MR) is 64.2 cm³/mol. The fraction of sp³-hybridized carbons (Fsp3) is 0.833. The van der Waals surface area contributed by atoms with Crippen LogP contribution in [0.3, 0.4) is 0 Å². The van der Waals surface area contributed by atoms with Crippen molar-refractivity contribution in [2.45, 2.75) is 26.4 Å². The third-order valence-corrected chi connectivity index (χ3v) is 2.77. The fourth-order valence-electron chi connectivity index (χ4n) is 1.76. The maximum atomic E-state index is 5.69. The monoisotopic (exact) mass is 212 g/mol. The first-order chi connectivity index (χ1) is 7.22. The molecule has 3 heteroatoms. The van der Waals surface area contributed by atoms with Gasteiger partial charge in [-0.3, -0.25) is 4.90 Å². The van der Waals surface area contributed by atoms with Crippen LogP contribution in [0.1, 0.15) is 20.3 Å². The maximum absolute atomic E-state index is 5.69. The minimum Gasteiger partial charge on any atom is -0.374 e. The second kappa shape index (κ2) is 6.99. The number of likely N-dealkylation sites (N-methyl/N-ethyl adjacent to an activating group) is 1. The van der Waals surface area contributed by atoms with E-state index in [1.54, 1.807) is 0 Å². The zero-order chi connectivity index (χ0) is 11.1. The van der Waals surface area contributed by atoms with Gasteiger partial charge in [-0.05, 0) is 26.4 Å². The summed E-state index contributed by atoms with van der Waals surface area (Å²) in [6, 6.07) is 0. The Bertz CT molecular complexity index is 194. The molecule has 0 aliphatic carbocycles. The maximum Gasteiger partial charge on any atom is 0.0826 e. The van der Waals surface area contributed by atoms with Crippen LogP contribution in [0.2, 0.25) is 0 Å². The normalized spacial score (nSPS) is 22.9. The smallest absolute Gasteiger partial charge is 0.0826 e. The van der Waals surface area contributed by atoms with Crippen LogP contribution in [-0.4, -0.2) is 50.3 Å². The summed E-state index contributed by atoms with van der Waals surface area (Å²) in [6.45, 7) is 14.3. The average Bonchev–Trinajstić information content (AvgIpc) is 2.24. The third-order valence-electron chi connectivity index (χ3n) is 2.77. The Morgan fingerprint density at radius 3 is 3.07 bits per heavy atom. The quantitative estimate of drug-likeness (QED) is 0.530.